The first-order chi connectivity index (χ1) is 0. The molecule has 0 aliphatic rings. The molecular formula is O49W18-98. The zero-order valence-corrected chi connectivity index (χ0v) is 80.2. The van der Waals surface area contributed by atoms with Crippen LogP contribution in [0.4, 0.5) is 0 Å². The second kappa shape index (κ2) is 4000. The Kier molecular flexibility index (Phi) is 248000. The average molecular weight is 4090 g/mol. The minimum Gasteiger partial charge on any atom is -2.00 e. The van der Waals surface area contributed by atoms with Crippen LogP contribution in [0, 0.1) is 0 Å². The molecule has 67 heavy (non-hydrogen) atoms. The second-order valence-corrected chi connectivity index (χ2v) is 0. The quantitative estimate of drug-likeness (QED) is 0.219. The minimum absolute atomic E-state index is 0. The summed E-state index contributed by atoms with van der Waals surface area (Å²) in [5.41, 5.74) is 0. The number of hydrogen-bond acceptors (Lipinski definition) is 0. The summed E-state index contributed by atoms with van der Waals surface area (Å²) in [5.74, 6) is 0. The Morgan fingerprint density at radius 3 is 0.0299 bits per heavy atom. The SMILES string of the molecule is [O-2].[O-2].[O-2].[O-2].[O-2].[O-2].[O-2].[O-2].[O-2].[O-2].[O-2].[O-2].[O-2].[O-2].[O-2].[O-2].[O-2].[O-2].[O-2].[O-2].[O-2].[O-2].[O-2].[O-2].[O-2].[O-2].[O-2].[O-2].[O-2].[O-2].[O-2].[O-2].[O-2].[O-2].[O-2].[O-2].[O-2].[O-2].[O-2].[O-2].[O-2].[O-2].[O-2].[O-2].[O-2].[O-2].[O-2].[O-2].[O-2].[W].[W].[W].[W].[W].[W].[W].[W].[W].[W].[W].[W].[W].[W].[W].[W].[W].[W]. The molecule has 0 atom stereocenters. The van der Waals surface area contributed by atoms with Crippen molar-refractivity contribution in [2.24, 2.45) is 0 Å². The van der Waals surface area contributed by atoms with Crippen molar-refractivity contribution in [1.82, 2.24) is 0 Å². The maximum Gasteiger partial charge on any atom is 0 e. The first-order valence-electron chi connectivity index (χ1n) is 0. The standard InChI is InChI=1S/49O.18W/q49*-2;;;;;;;;;;;;;;;;;;. The van der Waals surface area contributed by atoms with Crippen LogP contribution in [0.25, 0.3) is 0 Å². The normalized spacial score (nSPS) is 0. The maximum absolute atomic E-state index is 0. The fraction of sp³-hybridized carbons (Fsp3) is 0. The molecule has 0 aromatic rings. The summed E-state index contributed by atoms with van der Waals surface area (Å²) < 4.78 is 0. The molecule has 0 fully saturated rings. The summed E-state index contributed by atoms with van der Waals surface area (Å²) in [5, 5.41) is 0. The molecule has 0 N–H and O–H groups in total. The third-order valence-corrected chi connectivity index (χ3v) is 0. The van der Waals surface area contributed by atoms with Gasteiger partial charge in [0.15, 0.2) is 0 Å². The van der Waals surface area contributed by atoms with Crippen LogP contribution < -0.4 is 0 Å². The van der Waals surface area contributed by atoms with Crippen LogP contribution in [0.2, 0.25) is 0 Å². The van der Waals surface area contributed by atoms with E-state index in [0.717, 1.165) is 0 Å². The Bertz CT molecular complexity index is 56.2. The van der Waals surface area contributed by atoms with E-state index in [9.17, 15) is 0 Å². The zero-order chi connectivity index (χ0) is 0. The monoisotopic (exact) mass is 4090 g/mol. The Morgan fingerprint density at radius 2 is 0.0299 bits per heavy atom. The Labute approximate surface area is 637 Å². The van der Waals surface area contributed by atoms with Crippen LogP contribution in [0.1, 0.15) is 0 Å². The van der Waals surface area contributed by atoms with Gasteiger partial charge in [-0.1, -0.05) is 0 Å². The van der Waals surface area contributed by atoms with Crippen molar-refractivity contribution in [2.75, 3.05) is 0 Å². The third-order valence-electron chi connectivity index (χ3n) is 0. The minimum atomic E-state index is 0. The van der Waals surface area contributed by atoms with Gasteiger partial charge in [0.05, 0.1) is 0 Å². The molecule has 0 amide bonds. The van der Waals surface area contributed by atoms with Gasteiger partial charge in [-0.25, -0.2) is 0 Å². The summed E-state index contributed by atoms with van der Waals surface area (Å²) >= 11 is 0. The topological polar surface area (TPSA) is 1400 Å². The van der Waals surface area contributed by atoms with Crippen LogP contribution in [0.15, 0.2) is 0 Å². The molecule has 0 spiro atoms. The van der Waals surface area contributed by atoms with Crippen LogP contribution >= 0.6 is 0 Å². The van der Waals surface area contributed by atoms with Gasteiger partial charge in [0.2, 0.25) is 0 Å². The maximum atomic E-state index is 0. The van der Waals surface area contributed by atoms with E-state index < -0.39 is 0 Å². The van der Waals surface area contributed by atoms with Crippen molar-refractivity contribution in [3.8, 4) is 0 Å². The van der Waals surface area contributed by atoms with Crippen molar-refractivity contribution in [3.05, 3.63) is 0 Å². The van der Waals surface area contributed by atoms with Crippen molar-refractivity contribution in [3.63, 3.8) is 0 Å². The average Bonchev–Trinajstić information content (AvgIpc) is 0. The first-order valence-corrected chi connectivity index (χ1v) is 0. The van der Waals surface area contributed by atoms with E-state index in [0.29, 0.717) is 0 Å². The molecule has 0 aliphatic carbocycles. The van der Waals surface area contributed by atoms with Gasteiger partial charge in [0, 0.05) is 379 Å². The van der Waals surface area contributed by atoms with Gasteiger partial charge >= 0.3 is 0 Å². The molecule has 0 rings (SSSR count). The zero-order valence-electron chi connectivity index (χ0n) is 27.4. The molecule has 0 aromatic heterocycles. The fourth-order valence-electron chi connectivity index (χ4n) is 0. The summed E-state index contributed by atoms with van der Waals surface area (Å²) in [4.78, 5) is 0. The molecule has 0 bridgehead atoms. The summed E-state index contributed by atoms with van der Waals surface area (Å²) in [6.45, 7) is 0. The molecule has 500 valence electrons. The predicted octanol–water partition coefficient (Wildman–Crippen LogP) is -5.87. The van der Waals surface area contributed by atoms with Gasteiger partial charge in [-0.3, -0.25) is 0 Å². The van der Waals surface area contributed by atoms with Crippen LogP contribution in [-0.4, -0.2) is 0 Å². The van der Waals surface area contributed by atoms with E-state index in [1.807, 2.05) is 0 Å². The van der Waals surface area contributed by atoms with E-state index in [-0.39, 0.29) is 648 Å². The molecule has 0 radical (unpaired) electrons. The summed E-state index contributed by atoms with van der Waals surface area (Å²) in [7, 11) is 0. The van der Waals surface area contributed by atoms with Crippen LogP contribution in [-0.2, 0) is 648 Å². The Morgan fingerprint density at radius 1 is 0.0299 bits per heavy atom. The molecule has 0 saturated carbocycles. The Hall–Kier alpha value is 10.4. The molecule has 49 nitrogen and oxygen atoms in total. The molecule has 0 heterocycles. The van der Waals surface area contributed by atoms with Gasteiger partial charge in [0.25, 0.3) is 0 Å². The van der Waals surface area contributed by atoms with Gasteiger partial charge < -0.3 is 268 Å². The van der Waals surface area contributed by atoms with E-state index in [1.54, 1.807) is 0 Å². The molecule has 0 saturated heterocycles. The van der Waals surface area contributed by atoms with Gasteiger partial charge in [-0.15, -0.1) is 0 Å². The van der Waals surface area contributed by atoms with E-state index in [4.69, 9.17) is 0 Å². The molecule has 0 aliphatic heterocycles. The summed E-state index contributed by atoms with van der Waals surface area (Å²) in [6, 6.07) is 0. The molecule has 0 aromatic carbocycles. The molecular weight excluding hydrogens is 4090 g/mol. The Balaban J connectivity index is 0. The van der Waals surface area contributed by atoms with Crippen LogP contribution in [0.5, 0.6) is 0 Å². The first kappa shape index (κ1) is 4160. The summed E-state index contributed by atoms with van der Waals surface area (Å²) in [6.07, 6.45) is 0. The van der Waals surface area contributed by atoms with Crippen molar-refractivity contribution in [1.29, 1.82) is 0 Å². The van der Waals surface area contributed by atoms with E-state index in [1.165, 1.54) is 0 Å². The van der Waals surface area contributed by atoms with Crippen molar-refractivity contribution in [2.45, 2.75) is 0 Å². The number of hydrogen-bond donors (Lipinski definition) is 0. The van der Waals surface area contributed by atoms with E-state index in [2.05, 4.69) is 0 Å². The predicted molar refractivity (Wildman–Crippen MR) is 33.6 cm³/mol. The largest absolute Gasteiger partial charge is 2.00 e. The smallest absolute Gasteiger partial charge is 0 e. The van der Waals surface area contributed by atoms with Gasteiger partial charge in [-0.2, -0.15) is 0 Å². The van der Waals surface area contributed by atoms with E-state index >= 15 is 0 Å². The molecule has 67 heteroatoms. The van der Waals surface area contributed by atoms with Crippen LogP contribution in [0.3, 0.4) is 0 Å². The fourth-order valence-corrected chi connectivity index (χ4v) is 0. The van der Waals surface area contributed by atoms with Gasteiger partial charge in [-0.05, 0) is 0 Å². The van der Waals surface area contributed by atoms with Crippen molar-refractivity contribution >= 4 is 0 Å². The van der Waals surface area contributed by atoms with Gasteiger partial charge in [0.1, 0.15) is 0 Å². The van der Waals surface area contributed by atoms with Crippen molar-refractivity contribution < 1.29 is 648 Å². The second-order valence-electron chi connectivity index (χ2n) is 0. The molecule has 0 unspecified atom stereocenters. The number of rotatable bonds is 0. The third kappa shape index (κ3) is 3890.